The molecule has 0 aliphatic rings. The van der Waals surface area contributed by atoms with Crippen LogP contribution in [0.15, 0.2) is 84.6 Å². The topological polar surface area (TPSA) is 106 Å². The van der Waals surface area contributed by atoms with E-state index in [2.05, 4.69) is 15.4 Å². The SMILES string of the molecule is O=C(NCCO)/C(=C/c1ccc(OC(F)(F)F)cc1)NC(=O)c1ccc(OCCOc2ccccc2)cc1. The van der Waals surface area contributed by atoms with Crippen LogP contribution in [0, 0.1) is 0 Å². The van der Waals surface area contributed by atoms with Crippen LogP contribution in [0.3, 0.4) is 0 Å². The van der Waals surface area contributed by atoms with Crippen molar-refractivity contribution in [1.82, 2.24) is 10.6 Å². The summed E-state index contributed by atoms with van der Waals surface area (Å²) in [5.74, 6) is -0.497. The Balaban J connectivity index is 1.62. The van der Waals surface area contributed by atoms with Gasteiger partial charge in [-0.25, -0.2) is 0 Å². The number of aliphatic hydroxyl groups is 1. The molecule has 0 heterocycles. The Hall–Kier alpha value is -4.51. The van der Waals surface area contributed by atoms with Gasteiger partial charge in [-0.15, -0.1) is 13.2 Å². The first-order valence-corrected chi connectivity index (χ1v) is 11.4. The average Bonchev–Trinajstić information content (AvgIpc) is 2.90. The van der Waals surface area contributed by atoms with Gasteiger partial charge in [0.1, 0.15) is 36.2 Å². The quantitative estimate of drug-likeness (QED) is 0.242. The van der Waals surface area contributed by atoms with Gasteiger partial charge in [0, 0.05) is 12.1 Å². The predicted octanol–water partition coefficient (Wildman–Crippen LogP) is 3.92. The number of para-hydroxylation sites is 1. The molecule has 200 valence electrons. The maximum absolute atomic E-state index is 12.8. The van der Waals surface area contributed by atoms with Crippen molar-refractivity contribution >= 4 is 17.9 Å². The monoisotopic (exact) mass is 530 g/mol. The number of ether oxygens (including phenoxy) is 3. The highest BCUT2D eigenvalue weighted by molar-refractivity contribution is 6.05. The lowest BCUT2D eigenvalue weighted by molar-refractivity contribution is -0.274. The second-order valence-electron chi connectivity index (χ2n) is 7.64. The second kappa shape index (κ2) is 13.7. The van der Waals surface area contributed by atoms with E-state index in [1.165, 1.54) is 30.3 Å². The molecular formula is C27H25F3N2O6. The molecule has 11 heteroatoms. The van der Waals surface area contributed by atoms with Gasteiger partial charge >= 0.3 is 6.36 Å². The lowest BCUT2D eigenvalue weighted by Gasteiger charge is -2.12. The Labute approximate surface area is 216 Å². The van der Waals surface area contributed by atoms with Gasteiger partial charge in [0.15, 0.2) is 0 Å². The van der Waals surface area contributed by atoms with Crippen molar-refractivity contribution in [1.29, 1.82) is 0 Å². The summed E-state index contributed by atoms with van der Waals surface area (Å²) in [4.78, 5) is 25.3. The van der Waals surface area contributed by atoms with Crippen molar-refractivity contribution in [2.45, 2.75) is 6.36 Å². The molecule has 3 N–H and O–H groups in total. The molecule has 0 saturated carbocycles. The Morgan fingerprint density at radius 2 is 1.39 bits per heavy atom. The molecule has 38 heavy (non-hydrogen) atoms. The third-order valence-corrected chi connectivity index (χ3v) is 4.80. The van der Waals surface area contributed by atoms with E-state index < -0.39 is 23.9 Å². The molecule has 0 aromatic heterocycles. The summed E-state index contributed by atoms with van der Waals surface area (Å²) in [6.45, 7) is 0.219. The van der Waals surface area contributed by atoms with Crippen LogP contribution in [0.5, 0.6) is 17.2 Å². The van der Waals surface area contributed by atoms with E-state index >= 15 is 0 Å². The molecule has 0 radical (unpaired) electrons. The molecule has 0 unspecified atom stereocenters. The number of halogens is 3. The van der Waals surface area contributed by atoms with Crippen LogP contribution in [-0.4, -0.2) is 49.6 Å². The van der Waals surface area contributed by atoms with Crippen molar-refractivity contribution in [2.75, 3.05) is 26.4 Å². The minimum Gasteiger partial charge on any atom is -0.490 e. The number of hydrogen-bond donors (Lipinski definition) is 3. The standard InChI is InChI=1S/C27H25F3N2O6/c28-27(29,30)38-23-10-6-19(7-11-23)18-24(26(35)31-14-15-33)32-25(34)20-8-12-22(13-9-20)37-17-16-36-21-4-2-1-3-5-21/h1-13,18,33H,14-17H2,(H,31,35)(H,32,34)/b24-18-. The zero-order chi connectivity index (χ0) is 27.4. The maximum Gasteiger partial charge on any atom is 0.573 e. The van der Waals surface area contributed by atoms with Crippen molar-refractivity contribution in [3.63, 3.8) is 0 Å². The Morgan fingerprint density at radius 3 is 1.97 bits per heavy atom. The summed E-state index contributed by atoms with van der Waals surface area (Å²) >= 11 is 0. The summed E-state index contributed by atoms with van der Waals surface area (Å²) in [7, 11) is 0. The van der Waals surface area contributed by atoms with Crippen LogP contribution < -0.4 is 24.8 Å². The second-order valence-corrected chi connectivity index (χ2v) is 7.64. The summed E-state index contributed by atoms with van der Waals surface area (Å²) in [6, 6.07) is 20.2. The van der Waals surface area contributed by atoms with Crippen LogP contribution >= 0.6 is 0 Å². The fourth-order valence-electron chi connectivity index (χ4n) is 3.09. The highest BCUT2D eigenvalue weighted by Crippen LogP contribution is 2.23. The van der Waals surface area contributed by atoms with Gasteiger partial charge in [0.25, 0.3) is 11.8 Å². The molecule has 0 atom stereocenters. The molecule has 3 aromatic carbocycles. The molecule has 0 bridgehead atoms. The summed E-state index contributed by atoms with van der Waals surface area (Å²) in [5.41, 5.74) is 0.384. The Bertz CT molecular complexity index is 1210. The number of nitrogens with one attached hydrogen (secondary N) is 2. The smallest absolute Gasteiger partial charge is 0.490 e. The third-order valence-electron chi connectivity index (χ3n) is 4.80. The molecule has 3 aromatic rings. The maximum atomic E-state index is 12.8. The van der Waals surface area contributed by atoms with Crippen LogP contribution in [0.25, 0.3) is 6.08 Å². The van der Waals surface area contributed by atoms with Gasteiger partial charge in [-0.1, -0.05) is 30.3 Å². The van der Waals surface area contributed by atoms with Crippen LogP contribution in [0.2, 0.25) is 0 Å². The van der Waals surface area contributed by atoms with Crippen molar-refractivity contribution in [2.24, 2.45) is 0 Å². The van der Waals surface area contributed by atoms with Crippen molar-refractivity contribution in [3.8, 4) is 17.2 Å². The van der Waals surface area contributed by atoms with E-state index in [4.69, 9.17) is 14.6 Å². The van der Waals surface area contributed by atoms with Gasteiger partial charge in [0.05, 0.1) is 6.61 Å². The van der Waals surface area contributed by atoms with Crippen molar-refractivity contribution < 1.29 is 42.1 Å². The number of hydrogen-bond acceptors (Lipinski definition) is 6. The average molecular weight is 530 g/mol. The fraction of sp³-hybridized carbons (Fsp3) is 0.185. The van der Waals surface area contributed by atoms with Crippen LogP contribution in [0.4, 0.5) is 13.2 Å². The van der Waals surface area contributed by atoms with E-state index in [-0.39, 0.29) is 31.0 Å². The summed E-state index contributed by atoms with van der Waals surface area (Å²) in [6.07, 6.45) is -3.55. The first-order chi connectivity index (χ1) is 18.2. The van der Waals surface area contributed by atoms with Gasteiger partial charge < -0.3 is 30.0 Å². The number of carbonyl (C=O) groups excluding carboxylic acids is 2. The van der Waals surface area contributed by atoms with Crippen LogP contribution in [0.1, 0.15) is 15.9 Å². The first-order valence-electron chi connectivity index (χ1n) is 11.4. The zero-order valence-corrected chi connectivity index (χ0v) is 20.0. The third kappa shape index (κ3) is 9.51. The van der Waals surface area contributed by atoms with E-state index in [0.29, 0.717) is 17.9 Å². The lowest BCUT2D eigenvalue weighted by atomic mass is 10.1. The Morgan fingerprint density at radius 1 is 0.816 bits per heavy atom. The largest absolute Gasteiger partial charge is 0.573 e. The molecule has 0 fully saturated rings. The zero-order valence-electron chi connectivity index (χ0n) is 20.0. The molecule has 0 spiro atoms. The molecule has 0 aliphatic carbocycles. The summed E-state index contributed by atoms with van der Waals surface area (Å²) in [5, 5.41) is 13.9. The number of aliphatic hydroxyl groups excluding tert-OH is 1. The van der Waals surface area contributed by atoms with Gasteiger partial charge in [0.2, 0.25) is 0 Å². The lowest BCUT2D eigenvalue weighted by Crippen LogP contribution is -2.36. The van der Waals surface area contributed by atoms with Gasteiger partial charge in [-0.2, -0.15) is 0 Å². The van der Waals surface area contributed by atoms with E-state index in [9.17, 15) is 22.8 Å². The van der Waals surface area contributed by atoms with E-state index in [1.54, 1.807) is 12.1 Å². The van der Waals surface area contributed by atoms with E-state index in [1.807, 2.05) is 30.3 Å². The Kier molecular flexibility index (Phi) is 10.1. The summed E-state index contributed by atoms with van der Waals surface area (Å²) < 4.78 is 52.1. The predicted molar refractivity (Wildman–Crippen MR) is 133 cm³/mol. The molecular weight excluding hydrogens is 505 g/mol. The number of amides is 2. The molecule has 0 aliphatic heterocycles. The number of benzene rings is 3. The first kappa shape index (κ1) is 28.1. The highest BCUT2D eigenvalue weighted by atomic mass is 19.4. The molecule has 3 rings (SSSR count). The highest BCUT2D eigenvalue weighted by Gasteiger charge is 2.30. The van der Waals surface area contributed by atoms with Crippen molar-refractivity contribution in [3.05, 3.63) is 95.7 Å². The normalized spacial score (nSPS) is 11.4. The molecule has 2 amide bonds. The number of alkyl halides is 3. The number of rotatable bonds is 12. The van der Waals surface area contributed by atoms with Gasteiger partial charge in [-0.3, -0.25) is 9.59 Å². The van der Waals surface area contributed by atoms with Gasteiger partial charge in [-0.05, 0) is 60.2 Å². The minimum atomic E-state index is -4.84. The fourth-order valence-corrected chi connectivity index (χ4v) is 3.09. The van der Waals surface area contributed by atoms with E-state index in [0.717, 1.165) is 17.9 Å². The minimum absolute atomic E-state index is 0.0651. The number of carbonyl (C=O) groups is 2. The molecule has 8 nitrogen and oxygen atoms in total. The molecule has 0 saturated heterocycles. The van der Waals surface area contributed by atoms with Crippen LogP contribution in [-0.2, 0) is 4.79 Å².